The molecule has 4 rings (SSSR count). The van der Waals surface area contributed by atoms with Crippen molar-refractivity contribution in [3.8, 4) is 11.3 Å². The van der Waals surface area contributed by atoms with Crippen LogP contribution in [0.15, 0.2) is 53.3 Å². The number of furan rings is 1. The van der Waals surface area contributed by atoms with E-state index >= 15 is 0 Å². The molecule has 0 atom stereocenters. The smallest absolute Gasteiger partial charge is 0.358 e. The van der Waals surface area contributed by atoms with Crippen LogP contribution in [0.2, 0.25) is 0 Å². The Kier molecular flexibility index (Phi) is 4.04. The lowest BCUT2D eigenvalue weighted by atomic mass is 10.2. The molecule has 0 aliphatic rings. The second-order valence-corrected chi connectivity index (χ2v) is 5.94. The standard InChI is InChI=1S/C19H18N4O3/c1-3-26-19(24)18-9-13(2)22(20-18)11-16-6-4-5-15-10-17(21-23(15)16)14-7-8-25-12-14/h4-10,12H,3,11H2,1-2H3. The molecule has 4 heterocycles. The molecule has 0 saturated heterocycles. The van der Waals surface area contributed by atoms with E-state index in [9.17, 15) is 4.79 Å². The average molecular weight is 350 g/mol. The summed E-state index contributed by atoms with van der Waals surface area (Å²) in [6.45, 7) is 4.51. The van der Waals surface area contributed by atoms with Gasteiger partial charge in [-0.25, -0.2) is 9.31 Å². The summed E-state index contributed by atoms with van der Waals surface area (Å²) < 4.78 is 13.8. The highest BCUT2D eigenvalue weighted by Crippen LogP contribution is 2.21. The van der Waals surface area contributed by atoms with Crippen LogP contribution in [0.3, 0.4) is 0 Å². The van der Waals surface area contributed by atoms with Gasteiger partial charge in [0.1, 0.15) is 0 Å². The van der Waals surface area contributed by atoms with Gasteiger partial charge in [-0.1, -0.05) is 6.07 Å². The van der Waals surface area contributed by atoms with Crippen molar-refractivity contribution in [3.05, 3.63) is 66.0 Å². The molecule has 0 amide bonds. The molecule has 0 radical (unpaired) electrons. The van der Waals surface area contributed by atoms with Crippen molar-refractivity contribution < 1.29 is 13.9 Å². The summed E-state index contributed by atoms with van der Waals surface area (Å²) >= 11 is 0. The first-order valence-electron chi connectivity index (χ1n) is 8.37. The predicted octanol–water partition coefficient (Wildman–Crippen LogP) is 3.32. The molecule has 0 aliphatic heterocycles. The Morgan fingerprint density at radius 1 is 1.23 bits per heavy atom. The molecule has 4 aromatic heterocycles. The molecule has 7 nitrogen and oxygen atoms in total. The summed E-state index contributed by atoms with van der Waals surface area (Å²) in [5.74, 6) is -0.408. The van der Waals surface area contributed by atoms with Crippen molar-refractivity contribution in [2.24, 2.45) is 0 Å². The third kappa shape index (κ3) is 2.88. The first-order valence-corrected chi connectivity index (χ1v) is 8.37. The fourth-order valence-electron chi connectivity index (χ4n) is 2.87. The number of rotatable bonds is 5. The monoisotopic (exact) mass is 350 g/mol. The van der Waals surface area contributed by atoms with Crippen LogP contribution in [0.1, 0.15) is 28.8 Å². The lowest BCUT2D eigenvalue weighted by Crippen LogP contribution is -2.10. The lowest BCUT2D eigenvalue weighted by molar-refractivity contribution is 0.0518. The highest BCUT2D eigenvalue weighted by molar-refractivity contribution is 5.87. The van der Waals surface area contributed by atoms with Crippen LogP contribution < -0.4 is 0 Å². The molecule has 0 spiro atoms. The molecule has 0 bridgehead atoms. The molecule has 7 heteroatoms. The first-order chi connectivity index (χ1) is 12.7. The third-order valence-electron chi connectivity index (χ3n) is 4.16. The Labute approximate surface area is 149 Å². The molecule has 132 valence electrons. The molecule has 26 heavy (non-hydrogen) atoms. The van der Waals surface area contributed by atoms with E-state index < -0.39 is 5.97 Å². The largest absolute Gasteiger partial charge is 0.472 e. The van der Waals surface area contributed by atoms with Crippen molar-refractivity contribution in [2.45, 2.75) is 20.4 Å². The van der Waals surface area contributed by atoms with Gasteiger partial charge in [0.15, 0.2) is 5.69 Å². The summed E-state index contributed by atoms with van der Waals surface area (Å²) in [7, 11) is 0. The highest BCUT2D eigenvalue weighted by atomic mass is 16.5. The number of hydrogen-bond donors (Lipinski definition) is 0. The van der Waals surface area contributed by atoms with Crippen LogP contribution in [0.5, 0.6) is 0 Å². The summed E-state index contributed by atoms with van der Waals surface area (Å²) in [6.07, 6.45) is 3.30. The zero-order chi connectivity index (χ0) is 18.1. The van der Waals surface area contributed by atoms with Crippen molar-refractivity contribution in [3.63, 3.8) is 0 Å². The minimum absolute atomic E-state index is 0.316. The minimum Gasteiger partial charge on any atom is -0.472 e. The predicted molar refractivity (Wildman–Crippen MR) is 94.9 cm³/mol. The molecule has 0 unspecified atom stereocenters. The van der Waals surface area contributed by atoms with Crippen LogP contribution in [0.25, 0.3) is 16.8 Å². The van der Waals surface area contributed by atoms with E-state index in [0.717, 1.165) is 28.2 Å². The quantitative estimate of drug-likeness (QED) is 0.516. The van der Waals surface area contributed by atoms with Gasteiger partial charge in [0.2, 0.25) is 0 Å². The Morgan fingerprint density at radius 3 is 2.88 bits per heavy atom. The minimum atomic E-state index is -0.408. The second-order valence-electron chi connectivity index (χ2n) is 5.94. The number of carbonyl (C=O) groups excluding carboxylic acids is 1. The van der Waals surface area contributed by atoms with E-state index in [0.29, 0.717) is 18.8 Å². The molecule has 4 aromatic rings. The van der Waals surface area contributed by atoms with Gasteiger partial charge in [-0.15, -0.1) is 0 Å². The number of fused-ring (bicyclic) bond motifs is 1. The first kappa shape index (κ1) is 16.1. The number of aryl methyl sites for hydroxylation is 1. The van der Waals surface area contributed by atoms with E-state index in [4.69, 9.17) is 9.15 Å². The topological polar surface area (TPSA) is 74.6 Å². The molecule has 0 aliphatic carbocycles. The summed E-state index contributed by atoms with van der Waals surface area (Å²) in [6, 6.07) is 11.6. The number of nitrogens with zero attached hydrogens (tertiary/aromatic N) is 4. The van der Waals surface area contributed by atoms with E-state index in [-0.39, 0.29) is 0 Å². The maximum absolute atomic E-state index is 11.9. The Balaban J connectivity index is 1.68. The van der Waals surface area contributed by atoms with Crippen LogP contribution in [-0.4, -0.2) is 32.0 Å². The van der Waals surface area contributed by atoms with Crippen molar-refractivity contribution in [1.82, 2.24) is 19.4 Å². The summed E-state index contributed by atoms with van der Waals surface area (Å²) in [5, 5.41) is 9.05. The molecule has 0 fully saturated rings. The number of pyridine rings is 1. The van der Waals surface area contributed by atoms with Crippen LogP contribution >= 0.6 is 0 Å². The highest BCUT2D eigenvalue weighted by Gasteiger charge is 2.15. The third-order valence-corrected chi connectivity index (χ3v) is 4.16. The van der Waals surface area contributed by atoms with Gasteiger partial charge in [0.25, 0.3) is 0 Å². The molecule has 0 saturated carbocycles. The maximum atomic E-state index is 11.9. The van der Waals surface area contributed by atoms with Crippen LogP contribution in [-0.2, 0) is 11.3 Å². The number of ether oxygens (including phenoxy) is 1. The van der Waals surface area contributed by atoms with Crippen molar-refractivity contribution in [2.75, 3.05) is 6.61 Å². The van der Waals surface area contributed by atoms with E-state index in [1.807, 2.05) is 41.8 Å². The number of aromatic nitrogens is 4. The van der Waals surface area contributed by atoms with Gasteiger partial charge < -0.3 is 9.15 Å². The average Bonchev–Trinajstić information content (AvgIpc) is 3.35. The number of esters is 1. The molecule has 0 aromatic carbocycles. The Hall–Kier alpha value is -3.35. The Morgan fingerprint density at radius 2 is 2.12 bits per heavy atom. The summed E-state index contributed by atoms with van der Waals surface area (Å²) in [5.41, 5.74) is 4.91. The molecule has 0 N–H and O–H groups in total. The fourth-order valence-corrected chi connectivity index (χ4v) is 2.87. The van der Waals surface area contributed by atoms with Crippen molar-refractivity contribution >= 4 is 11.5 Å². The van der Waals surface area contributed by atoms with Gasteiger partial charge in [0.05, 0.1) is 42.6 Å². The SMILES string of the molecule is CCOC(=O)c1cc(C)n(Cc2cccc3cc(-c4ccoc4)nn23)n1. The fraction of sp³-hybridized carbons (Fsp3) is 0.211. The zero-order valence-electron chi connectivity index (χ0n) is 14.5. The molecular formula is C19H18N4O3. The van der Waals surface area contributed by atoms with E-state index in [1.54, 1.807) is 30.2 Å². The summed E-state index contributed by atoms with van der Waals surface area (Å²) in [4.78, 5) is 11.9. The molecular weight excluding hydrogens is 332 g/mol. The Bertz CT molecular complexity index is 1060. The number of hydrogen-bond acceptors (Lipinski definition) is 5. The van der Waals surface area contributed by atoms with Crippen LogP contribution in [0, 0.1) is 6.92 Å². The van der Waals surface area contributed by atoms with Crippen LogP contribution in [0.4, 0.5) is 0 Å². The van der Waals surface area contributed by atoms with Gasteiger partial charge in [-0.3, -0.25) is 4.68 Å². The van der Waals surface area contributed by atoms with Gasteiger partial charge >= 0.3 is 5.97 Å². The maximum Gasteiger partial charge on any atom is 0.358 e. The van der Waals surface area contributed by atoms with Crippen molar-refractivity contribution in [1.29, 1.82) is 0 Å². The van der Waals surface area contributed by atoms with Gasteiger partial charge in [0, 0.05) is 11.3 Å². The van der Waals surface area contributed by atoms with E-state index in [1.165, 1.54) is 0 Å². The second kappa shape index (κ2) is 6.51. The zero-order valence-corrected chi connectivity index (χ0v) is 14.5. The lowest BCUT2D eigenvalue weighted by Gasteiger charge is -2.07. The normalized spacial score (nSPS) is 11.2. The van der Waals surface area contributed by atoms with E-state index in [2.05, 4.69) is 10.2 Å². The number of carbonyl (C=O) groups is 1. The van der Waals surface area contributed by atoms with Gasteiger partial charge in [-0.05, 0) is 44.2 Å². The van der Waals surface area contributed by atoms with Gasteiger partial charge in [-0.2, -0.15) is 10.2 Å².